The zero-order valence-corrected chi connectivity index (χ0v) is 18.9. The van der Waals surface area contributed by atoms with Crippen LogP contribution in [0, 0.1) is 6.92 Å². The summed E-state index contributed by atoms with van der Waals surface area (Å²) in [6.45, 7) is 5.75. The Morgan fingerprint density at radius 3 is 2.71 bits per heavy atom. The summed E-state index contributed by atoms with van der Waals surface area (Å²) in [6, 6.07) is 19.4. The van der Waals surface area contributed by atoms with Crippen molar-refractivity contribution in [1.29, 1.82) is 0 Å². The fourth-order valence-electron chi connectivity index (χ4n) is 4.65. The van der Waals surface area contributed by atoms with Crippen molar-refractivity contribution in [2.45, 2.75) is 13.0 Å². The zero-order valence-electron chi connectivity index (χ0n) is 18.9. The number of anilines is 1. The van der Waals surface area contributed by atoms with Gasteiger partial charge in [-0.1, -0.05) is 60.3 Å². The highest BCUT2D eigenvalue weighted by Crippen LogP contribution is 2.42. The van der Waals surface area contributed by atoms with Gasteiger partial charge in [-0.05, 0) is 36.1 Å². The Bertz CT molecular complexity index is 1700. The molecule has 7 heteroatoms. The van der Waals surface area contributed by atoms with E-state index in [4.69, 9.17) is 13.7 Å². The lowest BCUT2D eigenvalue weighted by Gasteiger charge is -2.22. The summed E-state index contributed by atoms with van der Waals surface area (Å²) in [7, 11) is 0. The van der Waals surface area contributed by atoms with Crippen LogP contribution in [-0.2, 0) is 0 Å². The number of benzene rings is 3. The van der Waals surface area contributed by atoms with Crippen LogP contribution in [0.3, 0.4) is 0 Å². The predicted molar refractivity (Wildman–Crippen MR) is 132 cm³/mol. The first-order valence-corrected chi connectivity index (χ1v) is 11.2. The van der Waals surface area contributed by atoms with Gasteiger partial charge in [0, 0.05) is 11.5 Å². The molecule has 0 N–H and O–H groups in total. The van der Waals surface area contributed by atoms with Crippen molar-refractivity contribution >= 4 is 33.5 Å². The van der Waals surface area contributed by atoms with Gasteiger partial charge in [0.05, 0.1) is 17.0 Å². The molecule has 35 heavy (non-hydrogen) atoms. The normalized spacial score (nSPS) is 15.1. The van der Waals surface area contributed by atoms with Crippen LogP contribution in [-0.4, -0.2) is 17.7 Å². The molecule has 0 aliphatic carbocycles. The fourth-order valence-corrected chi connectivity index (χ4v) is 4.65. The summed E-state index contributed by atoms with van der Waals surface area (Å²) in [5.41, 5.74) is 1.08. The van der Waals surface area contributed by atoms with E-state index in [1.807, 2.05) is 48.5 Å². The molecular formula is C28H20N2O5. The van der Waals surface area contributed by atoms with E-state index in [1.165, 1.54) is 4.90 Å². The highest BCUT2D eigenvalue weighted by atomic mass is 16.5. The van der Waals surface area contributed by atoms with Crippen molar-refractivity contribution in [2.24, 2.45) is 0 Å². The highest BCUT2D eigenvalue weighted by molar-refractivity contribution is 6.12. The van der Waals surface area contributed by atoms with Crippen LogP contribution in [0.2, 0.25) is 0 Å². The molecule has 1 amide bonds. The van der Waals surface area contributed by atoms with Gasteiger partial charge in [0.2, 0.25) is 5.76 Å². The summed E-state index contributed by atoms with van der Waals surface area (Å²) in [4.78, 5) is 29.1. The average Bonchev–Trinajstić information content (AvgIpc) is 3.43. The first-order valence-electron chi connectivity index (χ1n) is 11.2. The zero-order chi connectivity index (χ0) is 24.1. The number of nitrogens with zero attached hydrogens (tertiary/aromatic N) is 2. The Balaban J connectivity index is 1.63. The van der Waals surface area contributed by atoms with Gasteiger partial charge in [0.1, 0.15) is 23.7 Å². The molecule has 7 nitrogen and oxygen atoms in total. The lowest BCUT2D eigenvalue weighted by molar-refractivity contribution is 0.0969. The quantitative estimate of drug-likeness (QED) is 0.250. The van der Waals surface area contributed by atoms with Crippen molar-refractivity contribution in [3.8, 4) is 5.75 Å². The SMILES string of the molecule is C=CCOc1cccc([C@H]2c3c(oc4c(ccc5ccccc54)c3=O)C(=O)N2c2cc(C)on2)c1. The molecule has 1 aliphatic heterocycles. The maximum absolute atomic E-state index is 13.9. The molecule has 3 aromatic carbocycles. The molecule has 0 spiro atoms. The minimum Gasteiger partial charge on any atom is -0.490 e. The number of hydrogen-bond donors (Lipinski definition) is 0. The van der Waals surface area contributed by atoms with Gasteiger partial charge in [0.25, 0.3) is 5.91 Å². The molecule has 0 unspecified atom stereocenters. The van der Waals surface area contributed by atoms with E-state index in [0.29, 0.717) is 40.5 Å². The Hall–Kier alpha value is -4.65. The third kappa shape index (κ3) is 3.24. The van der Waals surface area contributed by atoms with Crippen molar-refractivity contribution in [1.82, 2.24) is 5.16 Å². The van der Waals surface area contributed by atoms with E-state index in [9.17, 15) is 9.59 Å². The number of aryl methyl sites for hydroxylation is 1. The van der Waals surface area contributed by atoms with Crippen molar-refractivity contribution < 1.29 is 18.5 Å². The highest BCUT2D eigenvalue weighted by Gasteiger charge is 2.45. The van der Waals surface area contributed by atoms with Gasteiger partial charge in [-0.25, -0.2) is 0 Å². The number of rotatable bonds is 5. The molecule has 0 radical (unpaired) electrons. The topological polar surface area (TPSA) is 85.8 Å². The number of ether oxygens (including phenoxy) is 1. The van der Waals surface area contributed by atoms with Gasteiger partial charge in [0.15, 0.2) is 11.2 Å². The van der Waals surface area contributed by atoms with Crippen LogP contribution in [0.25, 0.3) is 21.7 Å². The van der Waals surface area contributed by atoms with E-state index >= 15 is 0 Å². The van der Waals surface area contributed by atoms with E-state index in [2.05, 4.69) is 11.7 Å². The van der Waals surface area contributed by atoms with Crippen molar-refractivity contribution in [2.75, 3.05) is 11.5 Å². The molecule has 0 saturated heterocycles. The second-order valence-corrected chi connectivity index (χ2v) is 8.38. The molecule has 3 heterocycles. The van der Waals surface area contributed by atoms with Crippen molar-refractivity contribution in [3.63, 3.8) is 0 Å². The second kappa shape index (κ2) is 7.99. The van der Waals surface area contributed by atoms with Crippen molar-refractivity contribution in [3.05, 3.63) is 112 Å². The van der Waals surface area contributed by atoms with Gasteiger partial charge in [-0.3, -0.25) is 14.5 Å². The van der Waals surface area contributed by atoms with Crippen LogP contribution in [0.4, 0.5) is 5.82 Å². The fraction of sp³-hybridized carbons (Fsp3) is 0.107. The number of fused-ring (bicyclic) bond motifs is 4. The lowest BCUT2D eigenvalue weighted by atomic mass is 9.97. The number of carbonyl (C=O) groups excluding carboxylic acids is 1. The molecule has 0 bridgehead atoms. The molecule has 1 atom stereocenters. The van der Waals surface area contributed by atoms with Crippen LogP contribution in [0.5, 0.6) is 5.75 Å². The molecule has 2 aromatic heterocycles. The van der Waals surface area contributed by atoms with Gasteiger partial charge < -0.3 is 13.7 Å². The molecule has 5 aromatic rings. The van der Waals surface area contributed by atoms with Crippen LogP contribution >= 0.6 is 0 Å². The number of carbonyl (C=O) groups is 1. The number of amides is 1. The largest absolute Gasteiger partial charge is 0.490 e. The summed E-state index contributed by atoms with van der Waals surface area (Å²) in [5, 5.41) is 6.17. The van der Waals surface area contributed by atoms with Gasteiger partial charge in [-0.2, -0.15) is 0 Å². The first-order chi connectivity index (χ1) is 17.1. The molecule has 0 saturated carbocycles. The Labute approximate surface area is 199 Å². The molecular weight excluding hydrogens is 444 g/mol. The van der Waals surface area contributed by atoms with Gasteiger partial charge >= 0.3 is 0 Å². The number of hydrogen-bond acceptors (Lipinski definition) is 6. The maximum atomic E-state index is 13.9. The summed E-state index contributed by atoms with van der Waals surface area (Å²) < 4.78 is 17.2. The molecule has 1 aliphatic rings. The Morgan fingerprint density at radius 1 is 1.06 bits per heavy atom. The molecule has 6 rings (SSSR count). The third-order valence-corrected chi connectivity index (χ3v) is 6.17. The van der Waals surface area contributed by atoms with E-state index in [1.54, 1.807) is 31.2 Å². The molecule has 172 valence electrons. The summed E-state index contributed by atoms with van der Waals surface area (Å²) >= 11 is 0. The first kappa shape index (κ1) is 20.9. The third-order valence-electron chi connectivity index (χ3n) is 6.17. The summed E-state index contributed by atoms with van der Waals surface area (Å²) in [6.07, 6.45) is 1.65. The standard InChI is InChI=1S/C28H20N2O5/c1-3-13-33-19-9-6-8-18(15-19)24-23-25(31)21-12-11-17-7-4-5-10-20(17)26(21)34-27(23)28(32)30(24)22-14-16(2)35-29-22/h3-12,14-15,24H,1,13H2,2H3/t24-/m0/s1. The van der Waals surface area contributed by atoms with E-state index in [0.717, 1.165) is 10.8 Å². The molecule has 0 fully saturated rings. The minimum absolute atomic E-state index is 0.00178. The smallest absolute Gasteiger partial charge is 0.296 e. The summed E-state index contributed by atoms with van der Waals surface area (Å²) in [5.74, 6) is 0.982. The van der Waals surface area contributed by atoms with E-state index < -0.39 is 11.9 Å². The number of aromatic nitrogens is 1. The van der Waals surface area contributed by atoms with Crippen LogP contribution in [0.15, 0.2) is 93.1 Å². The predicted octanol–water partition coefficient (Wildman–Crippen LogP) is 5.56. The maximum Gasteiger partial charge on any atom is 0.296 e. The monoisotopic (exact) mass is 464 g/mol. The average molecular weight is 464 g/mol. The lowest BCUT2D eigenvalue weighted by Crippen LogP contribution is -2.29. The van der Waals surface area contributed by atoms with E-state index in [-0.39, 0.29) is 16.8 Å². The van der Waals surface area contributed by atoms with Crippen LogP contribution < -0.4 is 15.1 Å². The Morgan fingerprint density at radius 2 is 1.91 bits per heavy atom. The Kier molecular flexibility index (Phi) is 4.77. The van der Waals surface area contributed by atoms with Gasteiger partial charge in [-0.15, -0.1) is 0 Å². The van der Waals surface area contributed by atoms with Crippen LogP contribution in [0.1, 0.15) is 33.5 Å². The minimum atomic E-state index is -0.763. The second-order valence-electron chi connectivity index (χ2n) is 8.38.